The van der Waals surface area contributed by atoms with Crippen LogP contribution in [0.4, 0.5) is 11.4 Å². The molecule has 0 spiro atoms. The SMILES string of the molecule is CCc1cccc(C)c1NC(=O)CN(CC)CC(=O)Nc1ccccc1OC. The molecule has 0 aliphatic rings. The number of rotatable bonds is 9. The van der Waals surface area contributed by atoms with Crippen molar-refractivity contribution >= 4 is 23.2 Å². The van der Waals surface area contributed by atoms with Crippen LogP contribution in [0.15, 0.2) is 42.5 Å². The van der Waals surface area contributed by atoms with Gasteiger partial charge >= 0.3 is 0 Å². The Morgan fingerprint density at radius 1 is 0.964 bits per heavy atom. The first-order chi connectivity index (χ1) is 13.5. The van der Waals surface area contributed by atoms with Gasteiger partial charge in [0, 0.05) is 5.69 Å². The summed E-state index contributed by atoms with van der Waals surface area (Å²) in [7, 11) is 1.56. The van der Waals surface area contributed by atoms with Crippen LogP contribution in [0.25, 0.3) is 0 Å². The van der Waals surface area contributed by atoms with Gasteiger partial charge in [-0.2, -0.15) is 0 Å². The van der Waals surface area contributed by atoms with E-state index in [4.69, 9.17) is 4.74 Å². The minimum Gasteiger partial charge on any atom is -0.495 e. The molecule has 2 amide bonds. The number of para-hydroxylation sites is 3. The number of nitrogens with one attached hydrogen (secondary N) is 2. The quantitative estimate of drug-likeness (QED) is 0.696. The van der Waals surface area contributed by atoms with E-state index in [9.17, 15) is 9.59 Å². The normalized spacial score (nSPS) is 10.6. The van der Waals surface area contributed by atoms with Gasteiger partial charge in [-0.15, -0.1) is 0 Å². The standard InChI is InChI=1S/C22H29N3O3/c1-5-17-11-9-10-16(3)22(17)24-21(27)15-25(6-2)14-20(26)23-18-12-7-8-13-19(18)28-4/h7-13H,5-6,14-15H2,1-4H3,(H,23,26)(H,24,27). The van der Waals surface area contributed by atoms with E-state index in [0.29, 0.717) is 18.0 Å². The van der Waals surface area contributed by atoms with Crippen molar-refractivity contribution in [3.63, 3.8) is 0 Å². The molecule has 0 saturated heterocycles. The second kappa shape index (κ2) is 10.5. The molecule has 2 aromatic carbocycles. The number of benzene rings is 2. The lowest BCUT2D eigenvalue weighted by Crippen LogP contribution is -2.38. The number of anilines is 2. The predicted molar refractivity (Wildman–Crippen MR) is 113 cm³/mol. The molecule has 0 aliphatic carbocycles. The number of hydrogen-bond donors (Lipinski definition) is 2. The zero-order chi connectivity index (χ0) is 20.5. The van der Waals surface area contributed by atoms with E-state index >= 15 is 0 Å². The molecule has 28 heavy (non-hydrogen) atoms. The first kappa shape index (κ1) is 21.4. The maximum atomic E-state index is 12.5. The molecule has 0 bridgehead atoms. The first-order valence-corrected chi connectivity index (χ1v) is 9.52. The Hall–Kier alpha value is -2.86. The van der Waals surface area contributed by atoms with E-state index in [1.54, 1.807) is 24.1 Å². The highest BCUT2D eigenvalue weighted by Crippen LogP contribution is 2.23. The van der Waals surface area contributed by atoms with Crippen LogP contribution in [0.2, 0.25) is 0 Å². The van der Waals surface area contributed by atoms with Crippen LogP contribution in [0.1, 0.15) is 25.0 Å². The summed E-state index contributed by atoms with van der Waals surface area (Å²) < 4.78 is 5.25. The number of carbonyl (C=O) groups excluding carboxylic acids is 2. The number of nitrogens with zero attached hydrogens (tertiary/aromatic N) is 1. The Kier molecular flexibility index (Phi) is 8.02. The summed E-state index contributed by atoms with van der Waals surface area (Å²) in [5, 5.41) is 5.84. The molecule has 0 unspecified atom stereocenters. The van der Waals surface area contributed by atoms with E-state index in [-0.39, 0.29) is 24.9 Å². The molecule has 150 valence electrons. The van der Waals surface area contributed by atoms with E-state index in [2.05, 4.69) is 17.6 Å². The van der Waals surface area contributed by atoms with Crippen LogP contribution >= 0.6 is 0 Å². The second-order valence-electron chi connectivity index (χ2n) is 6.56. The fraction of sp³-hybridized carbons (Fsp3) is 0.364. The van der Waals surface area contributed by atoms with Crippen LogP contribution in [0.5, 0.6) is 5.75 Å². The van der Waals surface area contributed by atoms with Crippen LogP contribution in [0.3, 0.4) is 0 Å². The Bertz CT molecular complexity index is 820. The van der Waals surface area contributed by atoms with E-state index in [1.165, 1.54) is 0 Å². The minimum atomic E-state index is -0.190. The van der Waals surface area contributed by atoms with Crippen LogP contribution in [-0.4, -0.2) is 43.5 Å². The number of methoxy groups -OCH3 is 1. The van der Waals surface area contributed by atoms with Crippen LogP contribution < -0.4 is 15.4 Å². The number of ether oxygens (including phenoxy) is 1. The predicted octanol–water partition coefficient (Wildman–Crippen LogP) is 3.47. The summed E-state index contributed by atoms with van der Waals surface area (Å²) in [5.74, 6) is 0.281. The van der Waals surface area contributed by atoms with Crippen LogP contribution in [0, 0.1) is 6.92 Å². The minimum absolute atomic E-state index is 0.121. The maximum absolute atomic E-state index is 12.5. The largest absolute Gasteiger partial charge is 0.495 e. The number of likely N-dealkylation sites (N-methyl/N-ethyl adjacent to an activating group) is 1. The number of hydrogen-bond acceptors (Lipinski definition) is 4. The smallest absolute Gasteiger partial charge is 0.238 e. The molecule has 0 heterocycles. The first-order valence-electron chi connectivity index (χ1n) is 9.52. The van der Waals surface area contributed by atoms with E-state index in [0.717, 1.165) is 23.2 Å². The second-order valence-corrected chi connectivity index (χ2v) is 6.56. The summed E-state index contributed by atoms with van der Waals surface area (Å²) >= 11 is 0. The van der Waals surface area contributed by atoms with Gasteiger partial charge in [-0.25, -0.2) is 0 Å². The third-order valence-corrected chi connectivity index (χ3v) is 4.57. The Morgan fingerprint density at radius 2 is 1.64 bits per heavy atom. The highest BCUT2D eigenvalue weighted by Gasteiger charge is 2.16. The van der Waals surface area contributed by atoms with E-state index in [1.807, 2.05) is 44.2 Å². The third kappa shape index (κ3) is 5.82. The summed E-state index contributed by atoms with van der Waals surface area (Å²) in [6.07, 6.45) is 0.843. The summed E-state index contributed by atoms with van der Waals surface area (Å²) in [6, 6.07) is 13.2. The van der Waals surface area contributed by atoms with Crippen molar-refractivity contribution in [1.82, 2.24) is 4.90 Å². The van der Waals surface area contributed by atoms with E-state index < -0.39 is 0 Å². The van der Waals surface area contributed by atoms with Gasteiger partial charge in [0.05, 0.1) is 25.9 Å². The maximum Gasteiger partial charge on any atom is 0.238 e. The Morgan fingerprint density at radius 3 is 2.29 bits per heavy atom. The molecule has 0 aromatic heterocycles. The molecular formula is C22H29N3O3. The van der Waals surface area contributed by atoms with Gasteiger partial charge in [-0.1, -0.05) is 44.2 Å². The van der Waals surface area contributed by atoms with Gasteiger partial charge in [0.15, 0.2) is 0 Å². The number of carbonyl (C=O) groups is 2. The van der Waals surface area contributed by atoms with Gasteiger partial charge < -0.3 is 15.4 Å². The molecule has 0 atom stereocenters. The summed E-state index contributed by atoms with van der Waals surface area (Å²) in [5.41, 5.74) is 3.61. The molecule has 0 aliphatic heterocycles. The monoisotopic (exact) mass is 383 g/mol. The summed E-state index contributed by atoms with van der Waals surface area (Å²) in [6.45, 7) is 6.82. The van der Waals surface area contributed by atoms with Gasteiger partial charge in [-0.05, 0) is 43.1 Å². The van der Waals surface area contributed by atoms with Crippen molar-refractivity contribution in [3.05, 3.63) is 53.6 Å². The lowest BCUT2D eigenvalue weighted by molar-refractivity contribution is -0.119. The Labute approximate surface area is 166 Å². The zero-order valence-corrected chi connectivity index (χ0v) is 17.0. The summed E-state index contributed by atoms with van der Waals surface area (Å²) in [4.78, 5) is 26.7. The van der Waals surface area contributed by atoms with Gasteiger partial charge in [0.25, 0.3) is 0 Å². The molecule has 2 rings (SSSR count). The number of amides is 2. The average Bonchev–Trinajstić information content (AvgIpc) is 2.69. The molecule has 6 heteroatoms. The molecule has 0 saturated carbocycles. The number of aryl methyl sites for hydroxylation is 2. The lowest BCUT2D eigenvalue weighted by Gasteiger charge is -2.21. The fourth-order valence-corrected chi connectivity index (χ4v) is 3.00. The lowest BCUT2D eigenvalue weighted by atomic mass is 10.1. The topological polar surface area (TPSA) is 70.7 Å². The van der Waals surface area contributed by atoms with Gasteiger partial charge in [0.2, 0.25) is 11.8 Å². The van der Waals surface area contributed by atoms with Crippen molar-refractivity contribution in [2.75, 3.05) is 37.4 Å². The van der Waals surface area contributed by atoms with Crippen molar-refractivity contribution < 1.29 is 14.3 Å². The highest BCUT2D eigenvalue weighted by atomic mass is 16.5. The average molecular weight is 383 g/mol. The molecule has 0 fully saturated rings. The highest BCUT2D eigenvalue weighted by molar-refractivity contribution is 5.96. The zero-order valence-electron chi connectivity index (χ0n) is 17.0. The van der Waals surface area contributed by atoms with Gasteiger partial charge in [-0.3, -0.25) is 14.5 Å². The Balaban J connectivity index is 1.96. The van der Waals surface area contributed by atoms with Crippen molar-refractivity contribution in [3.8, 4) is 5.75 Å². The molecule has 0 radical (unpaired) electrons. The van der Waals surface area contributed by atoms with Crippen molar-refractivity contribution in [1.29, 1.82) is 0 Å². The molecular weight excluding hydrogens is 354 g/mol. The molecule has 2 N–H and O–H groups in total. The van der Waals surface area contributed by atoms with Crippen LogP contribution in [-0.2, 0) is 16.0 Å². The fourth-order valence-electron chi connectivity index (χ4n) is 3.00. The molecule has 6 nitrogen and oxygen atoms in total. The van der Waals surface area contributed by atoms with Crippen molar-refractivity contribution in [2.45, 2.75) is 27.2 Å². The third-order valence-electron chi connectivity index (χ3n) is 4.57. The van der Waals surface area contributed by atoms with Crippen molar-refractivity contribution in [2.24, 2.45) is 0 Å². The van der Waals surface area contributed by atoms with Gasteiger partial charge in [0.1, 0.15) is 5.75 Å². The molecule has 2 aromatic rings.